The predicted octanol–water partition coefficient (Wildman–Crippen LogP) is 4.59. The lowest BCUT2D eigenvalue weighted by molar-refractivity contribution is 0.623. The van der Waals surface area contributed by atoms with Crippen LogP contribution in [0.3, 0.4) is 0 Å². The fourth-order valence-corrected chi connectivity index (χ4v) is 3.20. The molecule has 1 N–H and O–H groups in total. The highest BCUT2D eigenvalue weighted by Crippen LogP contribution is 2.26. The lowest BCUT2D eigenvalue weighted by Crippen LogP contribution is -2.36. The van der Waals surface area contributed by atoms with Gasteiger partial charge in [0.25, 0.3) is 0 Å². The van der Waals surface area contributed by atoms with Crippen molar-refractivity contribution in [1.82, 2.24) is 4.72 Å². The molecule has 0 bridgehead atoms. The lowest BCUT2D eigenvalue weighted by Gasteiger charge is -2.25. The Morgan fingerprint density at radius 3 is 2.19 bits per heavy atom. The van der Waals surface area contributed by atoms with E-state index in [4.69, 9.17) is 0 Å². The minimum Gasteiger partial charge on any atom is -0.242 e. The van der Waals surface area contributed by atoms with Gasteiger partial charge in [-0.25, -0.2) is 8.93 Å². The first kappa shape index (κ1) is 16.4. The quantitative estimate of drug-likeness (QED) is 0.843. The van der Waals surface area contributed by atoms with Crippen LogP contribution < -0.4 is 4.72 Å². The Labute approximate surface area is 137 Å². The zero-order valence-corrected chi connectivity index (χ0v) is 14.9. The number of hydrogen-bond acceptors (Lipinski definition) is 1. The molecule has 2 aromatic carbocycles. The third-order valence-corrected chi connectivity index (χ3v) is 5.15. The van der Waals surface area contributed by atoms with E-state index in [1.54, 1.807) is 0 Å². The molecule has 21 heavy (non-hydrogen) atoms. The highest BCUT2D eigenvalue weighted by molar-refractivity contribution is 9.10. The Morgan fingerprint density at radius 2 is 1.62 bits per heavy atom. The molecule has 2 nitrogen and oxygen atoms in total. The average Bonchev–Trinajstić information content (AvgIpc) is 2.44. The first-order valence-electron chi connectivity index (χ1n) is 6.86. The average molecular weight is 366 g/mol. The fourth-order valence-electron chi connectivity index (χ4n) is 1.94. The molecule has 0 radical (unpaired) electrons. The molecule has 0 aliphatic heterocycles. The van der Waals surface area contributed by atoms with Crippen LogP contribution in [0.4, 0.5) is 0 Å². The van der Waals surface area contributed by atoms with E-state index < -0.39 is 11.0 Å². The predicted molar refractivity (Wildman–Crippen MR) is 93.5 cm³/mol. The van der Waals surface area contributed by atoms with Gasteiger partial charge in [-0.05, 0) is 44.0 Å². The Hall–Kier alpha value is -0.970. The van der Waals surface area contributed by atoms with Crippen molar-refractivity contribution in [2.24, 2.45) is 0 Å². The van der Waals surface area contributed by atoms with Gasteiger partial charge in [-0.15, -0.1) is 0 Å². The van der Waals surface area contributed by atoms with Crippen molar-refractivity contribution in [3.8, 4) is 0 Å². The van der Waals surface area contributed by atoms with Crippen LogP contribution in [0.2, 0.25) is 0 Å². The summed E-state index contributed by atoms with van der Waals surface area (Å²) in [6.07, 6.45) is 0. The SMILES string of the molecule is CC(C)(C)S(=O)N[C@H](c1ccccc1)c1cccc(Br)c1. The summed E-state index contributed by atoms with van der Waals surface area (Å²) in [4.78, 5) is 0. The molecule has 2 aromatic rings. The zero-order valence-electron chi connectivity index (χ0n) is 12.5. The van der Waals surface area contributed by atoms with Crippen molar-refractivity contribution < 1.29 is 4.21 Å². The zero-order chi connectivity index (χ0) is 15.5. The largest absolute Gasteiger partial charge is 0.242 e. The summed E-state index contributed by atoms with van der Waals surface area (Å²) in [5.74, 6) is 0. The molecule has 0 aromatic heterocycles. The maximum Gasteiger partial charge on any atom is 0.0979 e. The van der Waals surface area contributed by atoms with Gasteiger partial charge in [-0.2, -0.15) is 0 Å². The van der Waals surface area contributed by atoms with E-state index >= 15 is 0 Å². The van der Waals surface area contributed by atoms with E-state index in [1.165, 1.54) is 0 Å². The van der Waals surface area contributed by atoms with E-state index in [0.717, 1.165) is 15.6 Å². The number of halogens is 1. The van der Waals surface area contributed by atoms with Crippen LogP contribution in [0.1, 0.15) is 37.9 Å². The minimum absolute atomic E-state index is 0.0937. The third-order valence-electron chi connectivity index (χ3n) is 3.10. The van der Waals surface area contributed by atoms with E-state index in [2.05, 4.69) is 44.9 Å². The standard InChI is InChI=1S/C17H20BrNOS/c1-17(2,3)21(20)19-16(13-8-5-4-6-9-13)14-10-7-11-15(18)12-14/h4-12,16,19H,1-3H3/t16-,21?/m1/s1. The molecule has 0 aliphatic rings. The van der Waals surface area contributed by atoms with Gasteiger partial charge in [-0.1, -0.05) is 58.4 Å². The fraction of sp³-hybridized carbons (Fsp3) is 0.294. The maximum atomic E-state index is 12.5. The molecular formula is C17H20BrNOS. The molecule has 0 spiro atoms. The summed E-state index contributed by atoms with van der Waals surface area (Å²) in [5.41, 5.74) is 2.20. The van der Waals surface area contributed by atoms with Crippen LogP contribution in [0.25, 0.3) is 0 Å². The Bertz CT molecular complexity index is 622. The molecule has 2 atom stereocenters. The third kappa shape index (κ3) is 4.50. The summed E-state index contributed by atoms with van der Waals surface area (Å²) in [5, 5.41) is 0. The number of nitrogens with one attached hydrogen (secondary N) is 1. The van der Waals surface area contributed by atoms with Gasteiger partial charge >= 0.3 is 0 Å². The number of hydrogen-bond donors (Lipinski definition) is 1. The number of benzene rings is 2. The Balaban J connectivity index is 2.38. The molecular weight excluding hydrogens is 346 g/mol. The minimum atomic E-state index is -1.14. The molecule has 0 saturated carbocycles. The lowest BCUT2D eigenvalue weighted by atomic mass is 10.00. The Kier molecular flexibility index (Phi) is 5.36. The summed E-state index contributed by atoms with van der Waals surface area (Å²) in [6, 6.07) is 18.1. The van der Waals surface area contributed by atoms with Crippen molar-refractivity contribution >= 4 is 26.9 Å². The molecule has 0 heterocycles. The topological polar surface area (TPSA) is 29.1 Å². The van der Waals surface area contributed by atoms with Crippen LogP contribution in [0, 0.1) is 0 Å². The molecule has 0 fully saturated rings. The molecule has 2 rings (SSSR count). The van der Waals surface area contributed by atoms with Crippen molar-refractivity contribution in [2.75, 3.05) is 0 Å². The molecule has 0 aliphatic carbocycles. The maximum absolute atomic E-state index is 12.5. The van der Waals surface area contributed by atoms with Gasteiger partial charge in [0.2, 0.25) is 0 Å². The van der Waals surface area contributed by atoms with Crippen LogP contribution in [0.5, 0.6) is 0 Å². The normalized spacial score (nSPS) is 14.7. The first-order chi connectivity index (χ1) is 9.88. The summed E-state index contributed by atoms with van der Waals surface area (Å²) in [7, 11) is -1.14. The van der Waals surface area contributed by atoms with E-state index in [9.17, 15) is 4.21 Å². The highest BCUT2D eigenvalue weighted by atomic mass is 79.9. The molecule has 0 saturated heterocycles. The first-order valence-corrected chi connectivity index (χ1v) is 8.80. The van der Waals surface area contributed by atoms with Gasteiger partial charge in [0, 0.05) is 4.47 Å². The van der Waals surface area contributed by atoms with Crippen molar-refractivity contribution in [2.45, 2.75) is 31.6 Å². The second-order valence-electron chi connectivity index (χ2n) is 5.90. The second-order valence-corrected chi connectivity index (χ2v) is 8.81. The molecule has 112 valence electrons. The van der Waals surface area contributed by atoms with Crippen LogP contribution in [0.15, 0.2) is 59.1 Å². The van der Waals surface area contributed by atoms with E-state index in [1.807, 2.05) is 51.1 Å². The van der Waals surface area contributed by atoms with E-state index in [0.29, 0.717) is 0 Å². The summed E-state index contributed by atoms with van der Waals surface area (Å²) < 4.78 is 16.5. The molecule has 4 heteroatoms. The smallest absolute Gasteiger partial charge is 0.0979 e. The second kappa shape index (κ2) is 6.86. The van der Waals surface area contributed by atoms with Crippen LogP contribution in [-0.2, 0) is 11.0 Å². The molecule has 1 unspecified atom stereocenters. The van der Waals surface area contributed by atoms with Gasteiger partial charge in [0.1, 0.15) is 0 Å². The Morgan fingerprint density at radius 1 is 1.00 bits per heavy atom. The van der Waals surface area contributed by atoms with Crippen LogP contribution in [-0.4, -0.2) is 8.96 Å². The number of rotatable bonds is 4. The molecule has 0 amide bonds. The van der Waals surface area contributed by atoms with Gasteiger partial charge in [-0.3, -0.25) is 0 Å². The van der Waals surface area contributed by atoms with Crippen molar-refractivity contribution in [3.63, 3.8) is 0 Å². The van der Waals surface area contributed by atoms with Gasteiger partial charge in [0.05, 0.1) is 21.8 Å². The van der Waals surface area contributed by atoms with Crippen molar-refractivity contribution in [1.29, 1.82) is 0 Å². The van der Waals surface area contributed by atoms with Gasteiger partial charge < -0.3 is 0 Å². The monoisotopic (exact) mass is 365 g/mol. The summed E-state index contributed by atoms with van der Waals surface area (Å²) in [6.45, 7) is 5.91. The highest BCUT2D eigenvalue weighted by Gasteiger charge is 2.24. The van der Waals surface area contributed by atoms with Crippen LogP contribution >= 0.6 is 15.9 Å². The summed E-state index contributed by atoms with van der Waals surface area (Å²) >= 11 is 3.51. The van der Waals surface area contributed by atoms with Gasteiger partial charge in [0.15, 0.2) is 0 Å². The van der Waals surface area contributed by atoms with E-state index in [-0.39, 0.29) is 10.8 Å². The van der Waals surface area contributed by atoms with Crippen molar-refractivity contribution in [3.05, 3.63) is 70.2 Å².